The number of hydrogen-bond donors (Lipinski definition) is 3. The first kappa shape index (κ1) is 22.1. The molecular formula is C21H23N5O4S. The number of ether oxygens (including phenoxy) is 1. The van der Waals surface area contributed by atoms with Gasteiger partial charge >= 0.3 is 0 Å². The lowest BCUT2D eigenvalue weighted by molar-refractivity contribution is 0.100. The van der Waals surface area contributed by atoms with Gasteiger partial charge in [-0.05, 0) is 43.3 Å². The Hall–Kier alpha value is -3.63. The Labute approximate surface area is 182 Å². The van der Waals surface area contributed by atoms with Gasteiger partial charge in [-0.2, -0.15) is 5.10 Å². The van der Waals surface area contributed by atoms with Gasteiger partial charge in [-0.1, -0.05) is 24.3 Å². The summed E-state index contributed by atoms with van der Waals surface area (Å²) in [6.07, 6.45) is 3.12. The molecule has 31 heavy (non-hydrogen) atoms. The number of aromatic nitrogens is 2. The SMILES string of the molecule is CC=CN(CCn1nc(-c2ccc(Oc3ccccc3)cc2)c(C(N)=O)c1N)S(=O)O. The van der Waals surface area contributed by atoms with E-state index in [9.17, 15) is 13.6 Å². The number of allylic oxidation sites excluding steroid dienone is 1. The van der Waals surface area contributed by atoms with Crippen molar-refractivity contribution in [2.45, 2.75) is 13.5 Å². The summed E-state index contributed by atoms with van der Waals surface area (Å²) in [5, 5.41) is 4.42. The lowest BCUT2D eigenvalue weighted by Crippen LogP contribution is -2.25. The summed E-state index contributed by atoms with van der Waals surface area (Å²) < 4.78 is 29.1. The Morgan fingerprint density at radius 1 is 1.19 bits per heavy atom. The molecule has 1 heterocycles. The summed E-state index contributed by atoms with van der Waals surface area (Å²) in [5.74, 6) is 0.708. The molecular weight excluding hydrogens is 418 g/mol. The van der Waals surface area contributed by atoms with Crippen LogP contribution in [0.4, 0.5) is 5.82 Å². The van der Waals surface area contributed by atoms with Crippen molar-refractivity contribution < 1.29 is 18.3 Å². The Balaban J connectivity index is 1.86. The average Bonchev–Trinajstić information content (AvgIpc) is 3.08. The molecule has 0 fully saturated rings. The number of nitrogens with zero attached hydrogens (tertiary/aromatic N) is 3. The van der Waals surface area contributed by atoms with Gasteiger partial charge in [0.05, 0.1) is 13.1 Å². The molecule has 1 amide bonds. The molecule has 0 aliphatic carbocycles. The second kappa shape index (κ2) is 9.92. The van der Waals surface area contributed by atoms with E-state index >= 15 is 0 Å². The van der Waals surface area contributed by atoms with Gasteiger partial charge < -0.3 is 16.2 Å². The third-order valence-corrected chi connectivity index (χ3v) is 5.10. The number of nitrogen functional groups attached to an aromatic ring is 1. The molecule has 1 atom stereocenters. The smallest absolute Gasteiger partial charge is 0.261 e. The average molecular weight is 442 g/mol. The number of carbonyl (C=O) groups is 1. The van der Waals surface area contributed by atoms with Crippen LogP contribution in [-0.2, 0) is 17.8 Å². The first-order valence-corrected chi connectivity index (χ1v) is 10.5. The molecule has 0 saturated carbocycles. The van der Waals surface area contributed by atoms with Crippen LogP contribution in [0.1, 0.15) is 17.3 Å². The number of hydrogen-bond acceptors (Lipinski definition) is 5. The standard InChI is InChI=1S/C21H23N5O4S/c1-2-12-25(31(28)29)13-14-26-20(22)18(21(23)27)19(24-26)15-8-10-17(11-9-15)30-16-6-4-3-5-7-16/h2-12H,13-14,22H2,1H3,(H2,23,27)(H,28,29). The van der Waals surface area contributed by atoms with E-state index in [1.54, 1.807) is 37.3 Å². The maximum absolute atomic E-state index is 12.0. The van der Waals surface area contributed by atoms with E-state index < -0.39 is 17.2 Å². The van der Waals surface area contributed by atoms with Crippen molar-refractivity contribution >= 4 is 23.0 Å². The lowest BCUT2D eigenvalue weighted by Gasteiger charge is -2.15. The van der Waals surface area contributed by atoms with E-state index in [0.29, 0.717) is 22.8 Å². The van der Waals surface area contributed by atoms with Crippen molar-refractivity contribution in [3.63, 3.8) is 0 Å². The number of para-hydroxylation sites is 1. The third kappa shape index (κ3) is 5.30. The van der Waals surface area contributed by atoms with Crippen LogP contribution in [0.5, 0.6) is 11.5 Å². The van der Waals surface area contributed by atoms with Crippen molar-refractivity contribution in [2.24, 2.45) is 5.73 Å². The summed E-state index contributed by atoms with van der Waals surface area (Å²) in [6, 6.07) is 16.4. The van der Waals surface area contributed by atoms with Crippen molar-refractivity contribution in [3.8, 4) is 22.8 Å². The van der Waals surface area contributed by atoms with Crippen LogP contribution in [0.2, 0.25) is 0 Å². The highest BCUT2D eigenvalue weighted by Crippen LogP contribution is 2.29. The van der Waals surface area contributed by atoms with Crippen LogP contribution in [0, 0.1) is 0 Å². The maximum atomic E-state index is 12.0. The summed E-state index contributed by atoms with van der Waals surface area (Å²) in [7, 11) is 0. The highest BCUT2D eigenvalue weighted by Gasteiger charge is 2.22. The molecule has 3 rings (SSSR count). The fourth-order valence-corrected chi connectivity index (χ4v) is 3.42. The molecule has 2 aromatic carbocycles. The predicted octanol–water partition coefficient (Wildman–Crippen LogP) is 3.00. The van der Waals surface area contributed by atoms with Gasteiger partial charge in [-0.3, -0.25) is 13.7 Å². The van der Waals surface area contributed by atoms with Crippen LogP contribution >= 0.6 is 0 Å². The van der Waals surface area contributed by atoms with E-state index in [1.807, 2.05) is 30.3 Å². The Bertz CT molecular complexity index is 1100. The molecule has 1 unspecified atom stereocenters. The molecule has 0 aliphatic rings. The molecule has 9 nitrogen and oxygen atoms in total. The number of anilines is 1. The first-order valence-electron chi connectivity index (χ1n) is 9.40. The minimum atomic E-state index is -2.19. The molecule has 0 bridgehead atoms. The fraction of sp³-hybridized carbons (Fsp3) is 0.143. The fourth-order valence-electron chi connectivity index (χ4n) is 2.96. The largest absolute Gasteiger partial charge is 0.457 e. The van der Waals surface area contributed by atoms with Crippen LogP contribution < -0.4 is 16.2 Å². The molecule has 0 saturated heterocycles. The van der Waals surface area contributed by atoms with E-state index in [-0.39, 0.29) is 24.5 Å². The topological polar surface area (TPSA) is 137 Å². The Morgan fingerprint density at radius 3 is 2.42 bits per heavy atom. The number of benzene rings is 2. The number of primary amides is 1. The molecule has 0 radical (unpaired) electrons. The molecule has 1 aromatic heterocycles. The molecule has 10 heteroatoms. The number of rotatable bonds is 9. The van der Waals surface area contributed by atoms with Gasteiger partial charge in [-0.15, -0.1) is 0 Å². The summed E-state index contributed by atoms with van der Waals surface area (Å²) in [4.78, 5) is 12.0. The van der Waals surface area contributed by atoms with E-state index in [2.05, 4.69) is 5.10 Å². The van der Waals surface area contributed by atoms with Crippen molar-refractivity contribution in [2.75, 3.05) is 12.3 Å². The first-order chi connectivity index (χ1) is 14.9. The van der Waals surface area contributed by atoms with E-state index in [0.717, 1.165) is 0 Å². The van der Waals surface area contributed by atoms with Gasteiger partial charge in [-0.25, -0.2) is 8.89 Å². The minimum Gasteiger partial charge on any atom is -0.457 e. The van der Waals surface area contributed by atoms with Crippen LogP contribution in [0.25, 0.3) is 11.3 Å². The molecule has 3 aromatic rings. The molecule has 5 N–H and O–H groups in total. The Morgan fingerprint density at radius 2 is 1.84 bits per heavy atom. The van der Waals surface area contributed by atoms with Crippen LogP contribution in [0.15, 0.2) is 66.9 Å². The second-order valence-corrected chi connectivity index (χ2v) is 7.42. The second-order valence-electron chi connectivity index (χ2n) is 6.49. The van der Waals surface area contributed by atoms with Crippen molar-refractivity contribution in [1.29, 1.82) is 0 Å². The molecule has 162 valence electrons. The number of carbonyl (C=O) groups excluding carboxylic acids is 1. The highest BCUT2D eigenvalue weighted by atomic mass is 32.2. The zero-order valence-electron chi connectivity index (χ0n) is 16.8. The number of nitrogens with two attached hydrogens (primary N) is 2. The lowest BCUT2D eigenvalue weighted by atomic mass is 10.1. The van der Waals surface area contributed by atoms with E-state index in [1.165, 1.54) is 15.2 Å². The normalized spacial score (nSPS) is 12.1. The Kier molecular flexibility index (Phi) is 7.06. The molecule has 0 spiro atoms. The van der Waals surface area contributed by atoms with Gasteiger partial charge in [0, 0.05) is 11.8 Å². The summed E-state index contributed by atoms with van der Waals surface area (Å²) in [6.45, 7) is 2.06. The van der Waals surface area contributed by atoms with Crippen molar-refractivity contribution in [1.82, 2.24) is 14.1 Å². The van der Waals surface area contributed by atoms with E-state index in [4.69, 9.17) is 16.2 Å². The predicted molar refractivity (Wildman–Crippen MR) is 119 cm³/mol. The third-order valence-electron chi connectivity index (χ3n) is 4.39. The van der Waals surface area contributed by atoms with Gasteiger partial charge in [0.25, 0.3) is 17.2 Å². The van der Waals surface area contributed by atoms with Gasteiger partial charge in [0.1, 0.15) is 28.6 Å². The van der Waals surface area contributed by atoms with Crippen molar-refractivity contribution in [3.05, 3.63) is 72.4 Å². The monoisotopic (exact) mass is 441 g/mol. The summed E-state index contributed by atoms with van der Waals surface area (Å²) >= 11 is -2.19. The van der Waals surface area contributed by atoms with Gasteiger partial charge in [0.2, 0.25) is 0 Å². The quantitative estimate of drug-likeness (QED) is 0.437. The van der Waals surface area contributed by atoms with Crippen LogP contribution in [-0.4, -0.2) is 35.3 Å². The number of amides is 1. The summed E-state index contributed by atoms with van der Waals surface area (Å²) in [5.41, 5.74) is 12.7. The van der Waals surface area contributed by atoms with Gasteiger partial charge in [0.15, 0.2) is 0 Å². The molecule has 0 aliphatic heterocycles. The van der Waals surface area contributed by atoms with Crippen LogP contribution in [0.3, 0.4) is 0 Å². The minimum absolute atomic E-state index is 0.0938. The zero-order chi connectivity index (χ0) is 22.4. The zero-order valence-corrected chi connectivity index (χ0v) is 17.7. The highest BCUT2D eigenvalue weighted by molar-refractivity contribution is 7.76. The maximum Gasteiger partial charge on any atom is 0.261 e.